The van der Waals surface area contributed by atoms with Crippen LogP contribution in [0.3, 0.4) is 0 Å². The van der Waals surface area contributed by atoms with Crippen molar-refractivity contribution in [3.05, 3.63) is 16.1 Å². The fourth-order valence-electron chi connectivity index (χ4n) is 1.07. The smallest absolute Gasteiger partial charge is 0.127 e. The van der Waals surface area contributed by atoms with E-state index < -0.39 is 0 Å². The van der Waals surface area contributed by atoms with E-state index in [1.807, 2.05) is 0 Å². The van der Waals surface area contributed by atoms with Crippen LogP contribution in [0.15, 0.2) is 4.60 Å². The summed E-state index contributed by atoms with van der Waals surface area (Å²) in [6.45, 7) is 2.27. The third-order valence-electron chi connectivity index (χ3n) is 1.63. The minimum atomic E-state index is 0.159. The van der Waals surface area contributed by atoms with Crippen LogP contribution >= 0.6 is 15.9 Å². The van der Waals surface area contributed by atoms with E-state index in [1.165, 1.54) is 0 Å². The van der Waals surface area contributed by atoms with Gasteiger partial charge in [0.1, 0.15) is 10.4 Å². The zero-order chi connectivity index (χ0) is 8.97. The van der Waals surface area contributed by atoms with Crippen molar-refractivity contribution in [2.24, 2.45) is 0 Å². The molecule has 0 bridgehead atoms. The van der Waals surface area contributed by atoms with Crippen LogP contribution in [0.5, 0.6) is 0 Å². The van der Waals surface area contributed by atoms with E-state index in [0.717, 1.165) is 29.0 Å². The summed E-state index contributed by atoms with van der Waals surface area (Å²) >= 11 is 3.33. The highest BCUT2D eigenvalue weighted by molar-refractivity contribution is 9.10. The number of nitrogens with zero attached hydrogens (tertiary/aromatic N) is 1. The summed E-state index contributed by atoms with van der Waals surface area (Å²) in [7, 11) is 0. The van der Waals surface area contributed by atoms with Gasteiger partial charge in [-0.05, 0) is 22.4 Å². The second-order valence-electron chi connectivity index (χ2n) is 2.68. The first-order valence-electron chi connectivity index (χ1n) is 4.12. The number of halogens is 1. The second kappa shape index (κ2) is 4.62. The van der Waals surface area contributed by atoms with Crippen molar-refractivity contribution in [2.45, 2.75) is 26.2 Å². The van der Waals surface area contributed by atoms with Gasteiger partial charge in [0.2, 0.25) is 0 Å². The van der Waals surface area contributed by atoms with Crippen LogP contribution in [0.1, 0.15) is 24.9 Å². The Morgan fingerprint density at radius 3 is 2.83 bits per heavy atom. The Bertz CT molecular complexity index is 247. The van der Waals surface area contributed by atoms with Gasteiger partial charge in [-0.15, -0.1) is 0 Å². The summed E-state index contributed by atoms with van der Waals surface area (Å²) in [4.78, 5) is 7.43. The molecule has 0 saturated carbocycles. The topological polar surface area (TPSA) is 48.9 Å². The monoisotopic (exact) mass is 232 g/mol. The molecule has 68 valence electrons. The van der Waals surface area contributed by atoms with Gasteiger partial charge in [0.05, 0.1) is 5.69 Å². The number of aliphatic hydroxyl groups excluding tert-OH is 1. The highest BCUT2D eigenvalue weighted by Crippen LogP contribution is 2.14. The van der Waals surface area contributed by atoms with Crippen LogP contribution in [0.4, 0.5) is 0 Å². The standard InChI is InChI=1S/C8H13BrN2O/c1-2-3-7-10-6(4-5-12)8(9)11-7/h12H,2-5H2,1H3,(H,10,11). The molecule has 0 amide bonds. The quantitative estimate of drug-likeness (QED) is 0.830. The van der Waals surface area contributed by atoms with Crippen LogP contribution in [-0.2, 0) is 12.8 Å². The first kappa shape index (κ1) is 9.74. The molecular weight excluding hydrogens is 220 g/mol. The molecule has 2 N–H and O–H groups in total. The number of H-pyrrole nitrogens is 1. The van der Waals surface area contributed by atoms with Gasteiger partial charge in [0.25, 0.3) is 0 Å². The summed E-state index contributed by atoms with van der Waals surface area (Å²) in [6.07, 6.45) is 2.68. The third-order valence-corrected chi connectivity index (χ3v) is 2.28. The molecule has 1 aromatic rings. The molecule has 4 heteroatoms. The molecule has 0 aliphatic rings. The third kappa shape index (κ3) is 2.32. The van der Waals surface area contributed by atoms with Crippen molar-refractivity contribution >= 4 is 15.9 Å². The minimum absolute atomic E-state index is 0.159. The highest BCUT2D eigenvalue weighted by Gasteiger charge is 2.05. The fraction of sp³-hybridized carbons (Fsp3) is 0.625. The van der Waals surface area contributed by atoms with Crippen LogP contribution in [0, 0.1) is 0 Å². The Morgan fingerprint density at radius 1 is 1.50 bits per heavy atom. The second-order valence-corrected chi connectivity index (χ2v) is 3.43. The summed E-state index contributed by atoms with van der Waals surface area (Å²) < 4.78 is 0.833. The fourth-order valence-corrected chi connectivity index (χ4v) is 1.58. The lowest BCUT2D eigenvalue weighted by Gasteiger charge is -1.92. The Balaban J connectivity index is 2.70. The molecule has 0 aromatic carbocycles. The van der Waals surface area contributed by atoms with Crippen molar-refractivity contribution in [3.63, 3.8) is 0 Å². The van der Waals surface area contributed by atoms with E-state index >= 15 is 0 Å². The van der Waals surface area contributed by atoms with Crippen LogP contribution in [0.25, 0.3) is 0 Å². The Kier molecular flexibility index (Phi) is 3.75. The van der Waals surface area contributed by atoms with Crippen molar-refractivity contribution in [1.82, 2.24) is 9.97 Å². The average Bonchev–Trinajstić information content (AvgIpc) is 2.34. The van der Waals surface area contributed by atoms with Crippen molar-refractivity contribution in [1.29, 1.82) is 0 Å². The van der Waals surface area contributed by atoms with Crippen molar-refractivity contribution in [3.8, 4) is 0 Å². The number of aromatic amines is 1. The van der Waals surface area contributed by atoms with Gasteiger partial charge in [-0.1, -0.05) is 6.92 Å². The van der Waals surface area contributed by atoms with E-state index in [1.54, 1.807) is 0 Å². The lowest BCUT2D eigenvalue weighted by atomic mass is 10.3. The number of aromatic nitrogens is 2. The number of rotatable bonds is 4. The van der Waals surface area contributed by atoms with Crippen molar-refractivity contribution < 1.29 is 5.11 Å². The molecule has 0 unspecified atom stereocenters. The molecule has 0 spiro atoms. The number of hydrogen-bond donors (Lipinski definition) is 2. The average molecular weight is 233 g/mol. The largest absolute Gasteiger partial charge is 0.396 e. The molecule has 12 heavy (non-hydrogen) atoms. The van der Waals surface area contributed by atoms with Crippen LogP contribution in [-0.4, -0.2) is 21.7 Å². The molecular formula is C8H13BrN2O. The van der Waals surface area contributed by atoms with Crippen molar-refractivity contribution in [2.75, 3.05) is 6.61 Å². The molecule has 3 nitrogen and oxygen atoms in total. The normalized spacial score (nSPS) is 10.6. The summed E-state index contributed by atoms with van der Waals surface area (Å²) in [6, 6.07) is 0. The Morgan fingerprint density at radius 2 is 2.25 bits per heavy atom. The lowest BCUT2D eigenvalue weighted by Crippen LogP contribution is -1.92. The minimum Gasteiger partial charge on any atom is -0.396 e. The SMILES string of the molecule is CCCc1nc(Br)c(CCO)[nH]1. The van der Waals surface area contributed by atoms with Crippen LogP contribution < -0.4 is 0 Å². The predicted molar refractivity (Wildman–Crippen MR) is 51.1 cm³/mol. The van der Waals surface area contributed by atoms with E-state index in [2.05, 4.69) is 32.8 Å². The molecule has 0 atom stereocenters. The number of aryl methyl sites for hydroxylation is 1. The number of imidazole rings is 1. The van der Waals surface area contributed by atoms with Gasteiger partial charge >= 0.3 is 0 Å². The van der Waals surface area contributed by atoms with E-state index in [9.17, 15) is 0 Å². The maximum atomic E-state index is 8.71. The Labute approximate surface area is 80.3 Å². The molecule has 0 fully saturated rings. The van der Waals surface area contributed by atoms with E-state index in [0.29, 0.717) is 6.42 Å². The highest BCUT2D eigenvalue weighted by atomic mass is 79.9. The summed E-state index contributed by atoms with van der Waals surface area (Å²) in [5.74, 6) is 0.993. The van der Waals surface area contributed by atoms with Crippen LogP contribution in [0.2, 0.25) is 0 Å². The maximum absolute atomic E-state index is 8.71. The van der Waals surface area contributed by atoms with Gasteiger partial charge in [0.15, 0.2) is 0 Å². The molecule has 1 aromatic heterocycles. The number of hydrogen-bond acceptors (Lipinski definition) is 2. The lowest BCUT2D eigenvalue weighted by molar-refractivity contribution is 0.298. The first-order chi connectivity index (χ1) is 5.77. The summed E-state index contributed by atoms with van der Waals surface area (Å²) in [5, 5.41) is 8.71. The molecule has 0 aliphatic carbocycles. The van der Waals surface area contributed by atoms with Gasteiger partial charge in [0, 0.05) is 19.4 Å². The zero-order valence-corrected chi connectivity index (χ0v) is 8.69. The first-order valence-corrected chi connectivity index (χ1v) is 4.91. The molecule has 0 saturated heterocycles. The van der Waals surface area contributed by atoms with Gasteiger partial charge in [-0.25, -0.2) is 4.98 Å². The van der Waals surface area contributed by atoms with E-state index in [4.69, 9.17) is 5.11 Å². The van der Waals surface area contributed by atoms with Gasteiger partial charge in [-0.3, -0.25) is 0 Å². The number of aliphatic hydroxyl groups is 1. The van der Waals surface area contributed by atoms with E-state index in [-0.39, 0.29) is 6.61 Å². The Hall–Kier alpha value is -0.350. The molecule has 0 aliphatic heterocycles. The predicted octanol–water partition coefficient (Wildman–Crippen LogP) is 1.66. The summed E-state index contributed by atoms with van der Waals surface area (Å²) in [5.41, 5.74) is 0.987. The zero-order valence-electron chi connectivity index (χ0n) is 7.10. The maximum Gasteiger partial charge on any atom is 0.127 e. The van der Waals surface area contributed by atoms with Gasteiger partial charge < -0.3 is 10.1 Å². The van der Waals surface area contributed by atoms with Gasteiger partial charge in [-0.2, -0.15) is 0 Å². The molecule has 1 heterocycles. The molecule has 0 radical (unpaired) electrons. The molecule has 1 rings (SSSR count). The number of nitrogens with one attached hydrogen (secondary N) is 1.